The van der Waals surface area contributed by atoms with E-state index in [-0.39, 0.29) is 11.8 Å². The van der Waals surface area contributed by atoms with Crippen molar-refractivity contribution in [3.8, 4) is 0 Å². The van der Waals surface area contributed by atoms with E-state index in [0.29, 0.717) is 34.7 Å². The zero-order valence-corrected chi connectivity index (χ0v) is 17.8. The summed E-state index contributed by atoms with van der Waals surface area (Å²) in [4.78, 5) is 27.0. The fourth-order valence-corrected chi connectivity index (χ4v) is 4.88. The van der Waals surface area contributed by atoms with Crippen molar-refractivity contribution in [1.82, 2.24) is 10.2 Å². The maximum Gasteiger partial charge on any atom is 0.266 e. The van der Waals surface area contributed by atoms with Gasteiger partial charge < -0.3 is 5.32 Å². The van der Waals surface area contributed by atoms with Gasteiger partial charge in [-0.15, -0.1) is 0 Å². The Morgan fingerprint density at radius 1 is 1.29 bits per heavy atom. The molecule has 0 atom stereocenters. The summed E-state index contributed by atoms with van der Waals surface area (Å²) < 4.78 is 0.569. The first-order valence-electron chi connectivity index (χ1n) is 9.81. The van der Waals surface area contributed by atoms with Crippen molar-refractivity contribution in [2.24, 2.45) is 0 Å². The first-order valence-corrected chi connectivity index (χ1v) is 11.0. The van der Waals surface area contributed by atoms with Crippen molar-refractivity contribution < 1.29 is 9.59 Å². The molecule has 4 nitrogen and oxygen atoms in total. The first kappa shape index (κ1) is 20.8. The summed E-state index contributed by atoms with van der Waals surface area (Å²) >= 11 is 6.71. The Labute approximate surface area is 176 Å². The smallest absolute Gasteiger partial charge is 0.266 e. The minimum atomic E-state index is -0.0630. The predicted octanol–water partition coefficient (Wildman–Crippen LogP) is 4.67. The molecule has 2 aliphatic rings. The highest BCUT2D eigenvalue weighted by Gasteiger charge is 2.31. The molecule has 1 N–H and O–H groups in total. The van der Waals surface area contributed by atoms with Crippen molar-refractivity contribution in [2.45, 2.75) is 51.5 Å². The summed E-state index contributed by atoms with van der Waals surface area (Å²) in [5, 5.41) is 3.09. The van der Waals surface area contributed by atoms with Crippen LogP contribution in [0.3, 0.4) is 0 Å². The van der Waals surface area contributed by atoms with Crippen LogP contribution in [0.1, 0.15) is 51.0 Å². The van der Waals surface area contributed by atoms with Gasteiger partial charge in [0, 0.05) is 19.0 Å². The predicted molar refractivity (Wildman–Crippen MR) is 120 cm³/mol. The Morgan fingerprint density at radius 2 is 2.00 bits per heavy atom. The van der Waals surface area contributed by atoms with Crippen LogP contribution < -0.4 is 5.32 Å². The van der Waals surface area contributed by atoms with Crippen molar-refractivity contribution >= 4 is 46.2 Å². The Hall–Kier alpha value is -1.92. The summed E-state index contributed by atoms with van der Waals surface area (Å²) in [6.07, 6.45) is 9.55. The number of amides is 2. The van der Waals surface area contributed by atoms with Crippen LogP contribution in [0.15, 0.2) is 46.9 Å². The second kappa shape index (κ2) is 10.0. The zero-order chi connectivity index (χ0) is 19.9. The number of allylic oxidation sites excluding steroid dienone is 2. The van der Waals surface area contributed by atoms with E-state index in [1.807, 2.05) is 49.4 Å². The number of hydrogen-bond donors (Lipinski definition) is 1. The highest BCUT2D eigenvalue weighted by Crippen LogP contribution is 2.32. The third-order valence-electron chi connectivity index (χ3n) is 4.93. The normalized spacial score (nSPS) is 19.7. The van der Waals surface area contributed by atoms with Gasteiger partial charge in [0.05, 0.1) is 4.91 Å². The number of rotatable bonds is 7. The zero-order valence-electron chi connectivity index (χ0n) is 16.1. The first-order chi connectivity index (χ1) is 13.5. The fourth-order valence-electron chi connectivity index (χ4n) is 3.52. The standard InChI is InChI=1S/C22H26N2O2S2/c1-16(14-17-8-3-2-4-9-17)15-19-21(26)24(22(27)28-19)13-7-12-20(25)23-18-10-5-6-11-18/h2-4,8-9,14-15,18H,5-7,10-13H2,1H3,(H,23,25)/b16-14+,19-15-. The molecule has 0 radical (unpaired) electrons. The van der Waals surface area contributed by atoms with Crippen LogP contribution in [-0.4, -0.2) is 33.6 Å². The summed E-state index contributed by atoms with van der Waals surface area (Å²) in [6, 6.07) is 10.3. The molecule has 148 valence electrons. The largest absolute Gasteiger partial charge is 0.353 e. The van der Waals surface area contributed by atoms with Crippen molar-refractivity contribution in [1.29, 1.82) is 0 Å². The lowest BCUT2D eigenvalue weighted by molar-refractivity contribution is -0.124. The van der Waals surface area contributed by atoms with Crippen LogP contribution in [0, 0.1) is 0 Å². The summed E-state index contributed by atoms with van der Waals surface area (Å²) in [5.74, 6) is 0.0153. The van der Waals surface area contributed by atoms with E-state index >= 15 is 0 Å². The molecule has 1 aliphatic carbocycles. The fraction of sp³-hybridized carbons (Fsp3) is 0.409. The summed E-state index contributed by atoms with van der Waals surface area (Å²) in [5.41, 5.74) is 2.10. The van der Waals surface area contributed by atoms with Crippen molar-refractivity contribution in [3.63, 3.8) is 0 Å². The average Bonchev–Trinajstić information content (AvgIpc) is 3.26. The van der Waals surface area contributed by atoms with Crippen LogP contribution in [-0.2, 0) is 9.59 Å². The number of thiocarbonyl (C=S) groups is 1. The van der Waals surface area contributed by atoms with Crippen molar-refractivity contribution in [2.75, 3.05) is 6.54 Å². The molecule has 2 fully saturated rings. The molecule has 3 rings (SSSR count). The molecule has 0 unspecified atom stereocenters. The van der Waals surface area contributed by atoms with E-state index in [1.54, 1.807) is 4.90 Å². The lowest BCUT2D eigenvalue weighted by atomic mass is 10.1. The highest BCUT2D eigenvalue weighted by atomic mass is 32.2. The van der Waals surface area contributed by atoms with Gasteiger partial charge in [0.15, 0.2) is 0 Å². The third kappa shape index (κ3) is 5.79. The Balaban J connectivity index is 1.51. The number of nitrogens with zero attached hydrogens (tertiary/aromatic N) is 1. The van der Waals surface area contributed by atoms with Gasteiger partial charge in [0.25, 0.3) is 5.91 Å². The van der Waals surface area contributed by atoms with Gasteiger partial charge in [-0.2, -0.15) is 0 Å². The molecule has 1 heterocycles. The van der Waals surface area contributed by atoms with E-state index in [9.17, 15) is 9.59 Å². The second-order valence-corrected chi connectivity index (χ2v) is 8.96. The molecule has 0 aromatic heterocycles. The minimum Gasteiger partial charge on any atom is -0.353 e. The lowest BCUT2D eigenvalue weighted by Gasteiger charge is -2.15. The lowest BCUT2D eigenvalue weighted by Crippen LogP contribution is -2.34. The van der Waals surface area contributed by atoms with Crippen LogP contribution in [0.4, 0.5) is 0 Å². The van der Waals surface area contributed by atoms with Gasteiger partial charge in [0.2, 0.25) is 5.91 Å². The maximum absolute atomic E-state index is 12.7. The minimum absolute atomic E-state index is 0.0630. The van der Waals surface area contributed by atoms with Crippen LogP contribution in [0.5, 0.6) is 0 Å². The molecule has 2 amide bonds. The monoisotopic (exact) mass is 414 g/mol. The molecule has 1 aromatic rings. The van der Waals surface area contributed by atoms with Gasteiger partial charge in [-0.05, 0) is 43.4 Å². The van der Waals surface area contributed by atoms with Crippen LogP contribution in [0.2, 0.25) is 0 Å². The van der Waals surface area contributed by atoms with Gasteiger partial charge in [-0.1, -0.05) is 73.2 Å². The topological polar surface area (TPSA) is 49.4 Å². The van der Waals surface area contributed by atoms with E-state index in [1.165, 1.54) is 24.6 Å². The van der Waals surface area contributed by atoms with E-state index in [2.05, 4.69) is 5.32 Å². The maximum atomic E-state index is 12.7. The molecule has 1 saturated heterocycles. The number of hydrogen-bond acceptors (Lipinski definition) is 4. The Morgan fingerprint density at radius 3 is 2.71 bits per heavy atom. The van der Waals surface area contributed by atoms with E-state index < -0.39 is 0 Å². The second-order valence-electron chi connectivity index (χ2n) is 7.28. The van der Waals surface area contributed by atoms with E-state index in [4.69, 9.17) is 12.2 Å². The number of thioether (sulfide) groups is 1. The van der Waals surface area contributed by atoms with Gasteiger partial charge in [0.1, 0.15) is 4.32 Å². The van der Waals surface area contributed by atoms with Gasteiger partial charge >= 0.3 is 0 Å². The average molecular weight is 415 g/mol. The Kier molecular flexibility index (Phi) is 7.45. The quantitative estimate of drug-likeness (QED) is 0.520. The molecule has 28 heavy (non-hydrogen) atoms. The molecule has 1 aliphatic heterocycles. The number of carbonyl (C=O) groups excluding carboxylic acids is 2. The third-order valence-corrected chi connectivity index (χ3v) is 6.31. The number of benzene rings is 1. The van der Waals surface area contributed by atoms with Gasteiger partial charge in [-0.3, -0.25) is 14.5 Å². The van der Waals surface area contributed by atoms with Crippen molar-refractivity contribution in [3.05, 3.63) is 52.4 Å². The molecule has 0 spiro atoms. The summed E-state index contributed by atoms with van der Waals surface area (Å²) in [7, 11) is 0. The van der Waals surface area contributed by atoms with E-state index in [0.717, 1.165) is 24.0 Å². The Bertz CT molecular complexity index is 796. The van der Waals surface area contributed by atoms with Crippen LogP contribution >= 0.6 is 24.0 Å². The molecular weight excluding hydrogens is 388 g/mol. The molecule has 0 bridgehead atoms. The number of nitrogens with one attached hydrogen (secondary N) is 1. The SMILES string of the molecule is CC(/C=C1\SC(=S)N(CCCC(=O)NC2CCCC2)C1=O)=C\c1ccccc1. The molecule has 1 saturated carbocycles. The van der Waals surface area contributed by atoms with Crippen LogP contribution in [0.25, 0.3) is 6.08 Å². The molecule has 6 heteroatoms. The molecular formula is C22H26N2O2S2. The number of carbonyl (C=O) groups is 2. The van der Waals surface area contributed by atoms with Gasteiger partial charge in [-0.25, -0.2) is 0 Å². The summed E-state index contributed by atoms with van der Waals surface area (Å²) in [6.45, 7) is 2.47. The highest BCUT2D eigenvalue weighted by molar-refractivity contribution is 8.26. The molecule has 1 aromatic carbocycles.